The molecule has 142 valence electrons. The summed E-state index contributed by atoms with van der Waals surface area (Å²) < 4.78 is 0. The van der Waals surface area contributed by atoms with Gasteiger partial charge in [-0.15, -0.1) is 0 Å². The molecule has 1 aliphatic heterocycles. The molecule has 6 heteroatoms. The highest BCUT2D eigenvalue weighted by Gasteiger charge is 2.46. The van der Waals surface area contributed by atoms with Crippen LogP contribution in [0.15, 0.2) is 59.9 Å². The van der Waals surface area contributed by atoms with Crippen LogP contribution in [0.3, 0.4) is 0 Å². The van der Waals surface area contributed by atoms with Crippen LogP contribution in [-0.4, -0.2) is 21.9 Å². The minimum absolute atomic E-state index is 0.00698. The molecule has 1 atom stereocenters. The normalized spacial score (nSPS) is 17.0. The van der Waals surface area contributed by atoms with E-state index >= 15 is 0 Å². The first kappa shape index (κ1) is 19.2. The Balaban J connectivity index is 2.20. The molecule has 0 bridgehead atoms. The van der Waals surface area contributed by atoms with Gasteiger partial charge < -0.3 is 10.2 Å². The second-order valence-corrected chi connectivity index (χ2v) is 7.67. The molecule has 1 amide bonds. The third-order valence-corrected chi connectivity index (χ3v) is 4.59. The van der Waals surface area contributed by atoms with Gasteiger partial charge >= 0.3 is 0 Å². The van der Waals surface area contributed by atoms with Crippen LogP contribution < -0.4 is 4.90 Å². The first-order chi connectivity index (χ1) is 13.1. The zero-order valence-electron chi connectivity index (χ0n) is 15.8. The van der Waals surface area contributed by atoms with Crippen molar-refractivity contribution in [1.29, 1.82) is 5.26 Å². The first-order valence-corrected chi connectivity index (χ1v) is 8.75. The maximum Gasteiger partial charge on any atom is 0.294 e. The molecule has 6 nitrogen and oxygen atoms in total. The van der Waals surface area contributed by atoms with Gasteiger partial charge in [0.05, 0.1) is 23.2 Å². The lowest BCUT2D eigenvalue weighted by Crippen LogP contribution is -2.32. The number of carbonyl (C=O) groups excluding carboxylic acids is 2. The van der Waals surface area contributed by atoms with Crippen LogP contribution in [-0.2, 0) is 9.59 Å². The Morgan fingerprint density at radius 1 is 1.11 bits per heavy atom. The molecule has 0 saturated heterocycles. The lowest BCUT2D eigenvalue weighted by atomic mass is 9.82. The number of phenolic OH excluding ortho intramolecular Hbond substituents is 1. The van der Waals surface area contributed by atoms with Crippen molar-refractivity contribution in [3.63, 3.8) is 0 Å². The Labute approximate surface area is 163 Å². The molecule has 0 fully saturated rings. The summed E-state index contributed by atoms with van der Waals surface area (Å²) in [7, 11) is 0. The second-order valence-electron chi connectivity index (χ2n) is 7.67. The number of benzene rings is 2. The summed E-state index contributed by atoms with van der Waals surface area (Å²) in [5.74, 6) is -1.68. The molecule has 0 aliphatic carbocycles. The number of Topliss-reactive ketones (excluding diaryl/α,β-unsaturated/α-hetero) is 1. The van der Waals surface area contributed by atoms with Crippen LogP contribution in [0.1, 0.15) is 37.9 Å². The predicted molar refractivity (Wildman–Crippen MR) is 104 cm³/mol. The fourth-order valence-electron chi connectivity index (χ4n) is 3.21. The number of phenols is 1. The van der Waals surface area contributed by atoms with Crippen LogP contribution in [0.4, 0.5) is 5.69 Å². The molecule has 1 aliphatic rings. The van der Waals surface area contributed by atoms with Crippen molar-refractivity contribution in [2.75, 3.05) is 4.90 Å². The average Bonchev–Trinajstić information content (AvgIpc) is 2.91. The van der Waals surface area contributed by atoms with Gasteiger partial charge in [0, 0.05) is 11.1 Å². The van der Waals surface area contributed by atoms with Crippen LogP contribution in [0, 0.1) is 16.7 Å². The van der Waals surface area contributed by atoms with Crippen molar-refractivity contribution in [3.05, 3.63) is 71.0 Å². The molecule has 3 rings (SSSR count). The number of hydrogen-bond donors (Lipinski definition) is 2. The SMILES string of the molecule is CC(C)(C)C(=O)C1=C(O)C(=O)N(c2ccc(C#N)cc2)C1c1cccc(O)c1. The van der Waals surface area contributed by atoms with E-state index in [4.69, 9.17) is 5.26 Å². The van der Waals surface area contributed by atoms with E-state index in [2.05, 4.69) is 0 Å². The molecule has 0 spiro atoms. The molecule has 2 N–H and O–H groups in total. The summed E-state index contributed by atoms with van der Waals surface area (Å²) in [4.78, 5) is 27.3. The number of carbonyl (C=O) groups is 2. The van der Waals surface area contributed by atoms with E-state index in [0.29, 0.717) is 16.8 Å². The van der Waals surface area contributed by atoms with E-state index < -0.39 is 23.1 Å². The number of anilines is 1. The number of nitrogens with zero attached hydrogens (tertiary/aromatic N) is 2. The third kappa shape index (κ3) is 3.23. The van der Waals surface area contributed by atoms with Crippen molar-refractivity contribution in [2.45, 2.75) is 26.8 Å². The summed E-state index contributed by atoms with van der Waals surface area (Å²) in [5, 5.41) is 29.5. The molecule has 0 saturated carbocycles. The first-order valence-electron chi connectivity index (χ1n) is 8.75. The molecule has 0 radical (unpaired) electrons. The number of aliphatic hydroxyl groups is 1. The highest BCUT2D eigenvalue weighted by Crippen LogP contribution is 2.43. The van der Waals surface area contributed by atoms with Gasteiger partial charge in [-0.2, -0.15) is 5.26 Å². The summed E-state index contributed by atoms with van der Waals surface area (Å²) >= 11 is 0. The number of aliphatic hydroxyl groups excluding tert-OH is 1. The summed E-state index contributed by atoms with van der Waals surface area (Å²) in [5.41, 5.74) is 0.522. The zero-order chi connectivity index (χ0) is 20.6. The monoisotopic (exact) mass is 376 g/mol. The quantitative estimate of drug-likeness (QED) is 0.849. The van der Waals surface area contributed by atoms with Gasteiger partial charge in [-0.1, -0.05) is 32.9 Å². The Bertz CT molecular complexity index is 1020. The van der Waals surface area contributed by atoms with Crippen molar-refractivity contribution in [3.8, 4) is 11.8 Å². The molecule has 1 heterocycles. The average molecular weight is 376 g/mol. The van der Waals surface area contributed by atoms with Gasteiger partial charge in [-0.25, -0.2) is 0 Å². The summed E-state index contributed by atoms with van der Waals surface area (Å²) in [6, 6.07) is 13.7. The molecule has 2 aromatic rings. The van der Waals surface area contributed by atoms with Crippen LogP contribution >= 0.6 is 0 Å². The largest absolute Gasteiger partial charge is 0.508 e. The van der Waals surface area contributed by atoms with Gasteiger partial charge in [0.2, 0.25) is 0 Å². The highest BCUT2D eigenvalue weighted by molar-refractivity contribution is 6.17. The van der Waals surface area contributed by atoms with Gasteiger partial charge in [0.15, 0.2) is 11.5 Å². The molecular formula is C22H20N2O4. The van der Waals surface area contributed by atoms with Crippen molar-refractivity contribution in [1.82, 2.24) is 0 Å². The van der Waals surface area contributed by atoms with Crippen LogP contribution in [0.2, 0.25) is 0 Å². The third-order valence-electron chi connectivity index (χ3n) is 4.59. The van der Waals surface area contributed by atoms with Gasteiger partial charge in [-0.05, 0) is 42.0 Å². The fourth-order valence-corrected chi connectivity index (χ4v) is 3.21. The number of aromatic hydroxyl groups is 1. The summed E-state index contributed by atoms with van der Waals surface area (Å²) in [6.45, 7) is 5.14. The Hall–Kier alpha value is -3.59. The van der Waals surface area contributed by atoms with E-state index in [9.17, 15) is 19.8 Å². The summed E-state index contributed by atoms with van der Waals surface area (Å²) in [6.07, 6.45) is 0. The minimum Gasteiger partial charge on any atom is -0.508 e. The smallest absolute Gasteiger partial charge is 0.294 e. The molecular weight excluding hydrogens is 356 g/mol. The molecule has 0 aromatic heterocycles. The maximum atomic E-state index is 13.1. The topological polar surface area (TPSA) is 102 Å². The molecule has 28 heavy (non-hydrogen) atoms. The Morgan fingerprint density at radius 3 is 2.29 bits per heavy atom. The standard InChI is InChI=1S/C22H20N2O4/c1-22(2,3)20(27)17-18(14-5-4-6-16(25)11-14)24(21(28)19(17)26)15-9-7-13(12-23)8-10-15/h4-11,18,25-26H,1-3H3. The number of nitriles is 1. The number of ketones is 1. The van der Waals surface area contributed by atoms with Crippen LogP contribution in [0.5, 0.6) is 5.75 Å². The van der Waals surface area contributed by atoms with E-state index in [1.54, 1.807) is 57.2 Å². The molecule has 1 unspecified atom stereocenters. The van der Waals surface area contributed by atoms with E-state index in [1.165, 1.54) is 17.0 Å². The van der Waals surface area contributed by atoms with Crippen molar-refractivity contribution >= 4 is 17.4 Å². The van der Waals surface area contributed by atoms with Crippen molar-refractivity contribution in [2.24, 2.45) is 5.41 Å². The van der Waals surface area contributed by atoms with E-state index in [0.717, 1.165) is 0 Å². The van der Waals surface area contributed by atoms with E-state index in [1.807, 2.05) is 6.07 Å². The molecule has 2 aromatic carbocycles. The predicted octanol–water partition coefficient (Wildman–Crippen LogP) is 3.78. The van der Waals surface area contributed by atoms with Crippen LogP contribution in [0.25, 0.3) is 0 Å². The van der Waals surface area contributed by atoms with E-state index in [-0.39, 0.29) is 17.1 Å². The Morgan fingerprint density at radius 2 is 1.75 bits per heavy atom. The fraction of sp³-hybridized carbons (Fsp3) is 0.227. The highest BCUT2D eigenvalue weighted by atomic mass is 16.3. The Kier molecular flexibility index (Phi) is 4.70. The van der Waals surface area contributed by atoms with Crippen molar-refractivity contribution < 1.29 is 19.8 Å². The van der Waals surface area contributed by atoms with Gasteiger partial charge in [0.25, 0.3) is 5.91 Å². The lowest BCUT2D eigenvalue weighted by Gasteiger charge is -2.29. The zero-order valence-corrected chi connectivity index (χ0v) is 15.8. The second kappa shape index (κ2) is 6.86. The van der Waals surface area contributed by atoms with Gasteiger partial charge in [0.1, 0.15) is 5.75 Å². The number of amides is 1. The van der Waals surface area contributed by atoms with Gasteiger partial charge in [-0.3, -0.25) is 14.5 Å². The number of hydrogen-bond acceptors (Lipinski definition) is 5. The maximum absolute atomic E-state index is 13.1. The lowest BCUT2D eigenvalue weighted by molar-refractivity contribution is -0.123. The number of rotatable bonds is 3. The minimum atomic E-state index is -0.890.